The molecule has 0 aromatic heterocycles. The average molecular weight is 269 g/mol. The van der Waals surface area contributed by atoms with Crippen molar-refractivity contribution in [2.75, 3.05) is 0 Å². The van der Waals surface area contributed by atoms with E-state index in [0.29, 0.717) is 23.3 Å². The van der Waals surface area contributed by atoms with E-state index in [1.165, 1.54) is 0 Å². The highest BCUT2D eigenvalue weighted by Crippen LogP contribution is 2.31. The zero-order valence-corrected chi connectivity index (χ0v) is 11.9. The van der Waals surface area contributed by atoms with Crippen LogP contribution in [-0.2, 0) is 4.79 Å². The third-order valence-electron chi connectivity index (χ3n) is 3.09. The quantitative estimate of drug-likeness (QED) is 0.820. The maximum Gasteiger partial charge on any atom is 0.311 e. The highest BCUT2D eigenvalue weighted by atomic mass is 35.5. The van der Waals surface area contributed by atoms with Crippen LogP contribution >= 0.6 is 11.6 Å². The van der Waals surface area contributed by atoms with E-state index in [4.69, 9.17) is 11.6 Å². The van der Waals surface area contributed by atoms with Gasteiger partial charge in [-0.15, -0.1) is 0 Å². The summed E-state index contributed by atoms with van der Waals surface area (Å²) in [5.74, 6) is -0.339. The van der Waals surface area contributed by atoms with Crippen molar-refractivity contribution in [3.63, 3.8) is 0 Å². The number of benzene rings is 1. The van der Waals surface area contributed by atoms with E-state index < -0.39 is 11.9 Å². The van der Waals surface area contributed by atoms with Crippen molar-refractivity contribution in [1.29, 1.82) is 0 Å². The first-order valence-corrected chi connectivity index (χ1v) is 6.76. The lowest BCUT2D eigenvalue weighted by Gasteiger charge is -2.20. The summed E-state index contributed by atoms with van der Waals surface area (Å²) in [4.78, 5) is 11.4. The molecule has 2 atom stereocenters. The van der Waals surface area contributed by atoms with Crippen LogP contribution in [-0.4, -0.2) is 11.1 Å². The molecule has 0 amide bonds. The molecule has 3 heteroatoms. The van der Waals surface area contributed by atoms with Crippen molar-refractivity contribution in [3.05, 3.63) is 34.9 Å². The van der Waals surface area contributed by atoms with Gasteiger partial charge in [0.15, 0.2) is 0 Å². The van der Waals surface area contributed by atoms with Crippen molar-refractivity contribution in [3.8, 4) is 0 Å². The topological polar surface area (TPSA) is 37.3 Å². The SMILES string of the molecule is CC(C)CC(C)CC(C(=O)O)c1ccccc1Cl. The van der Waals surface area contributed by atoms with Gasteiger partial charge >= 0.3 is 5.97 Å². The lowest BCUT2D eigenvalue weighted by molar-refractivity contribution is -0.139. The first kappa shape index (κ1) is 15.0. The highest BCUT2D eigenvalue weighted by molar-refractivity contribution is 6.31. The van der Waals surface area contributed by atoms with Crippen LogP contribution in [0.5, 0.6) is 0 Å². The van der Waals surface area contributed by atoms with Crippen molar-refractivity contribution in [1.82, 2.24) is 0 Å². The number of carbonyl (C=O) groups is 1. The van der Waals surface area contributed by atoms with Gasteiger partial charge in [0, 0.05) is 5.02 Å². The maximum atomic E-state index is 11.4. The van der Waals surface area contributed by atoms with E-state index in [1.807, 2.05) is 18.2 Å². The summed E-state index contributed by atoms with van der Waals surface area (Å²) in [5, 5.41) is 9.92. The smallest absolute Gasteiger partial charge is 0.311 e. The summed E-state index contributed by atoms with van der Waals surface area (Å²) < 4.78 is 0. The van der Waals surface area contributed by atoms with Crippen molar-refractivity contribution < 1.29 is 9.90 Å². The number of rotatable bonds is 6. The van der Waals surface area contributed by atoms with Crippen molar-refractivity contribution in [2.24, 2.45) is 11.8 Å². The molecule has 2 unspecified atom stereocenters. The molecule has 18 heavy (non-hydrogen) atoms. The molecule has 0 spiro atoms. The summed E-state index contributed by atoms with van der Waals surface area (Å²) in [6, 6.07) is 7.22. The van der Waals surface area contributed by atoms with Crippen molar-refractivity contribution >= 4 is 17.6 Å². The predicted octanol–water partition coefficient (Wildman–Crippen LogP) is 4.58. The molecule has 2 nitrogen and oxygen atoms in total. The molecule has 1 aromatic carbocycles. The fourth-order valence-corrected chi connectivity index (χ4v) is 2.69. The largest absolute Gasteiger partial charge is 0.481 e. The summed E-state index contributed by atoms with van der Waals surface area (Å²) in [6.45, 7) is 6.41. The van der Waals surface area contributed by atoms with Crippen LogP contribution < -0.4 is 0 Å². The summed E-state index contributed by atoms with van der Waals surface area (Å²) >= 11 is 6.09. The number of carboxylic acid groups (broad SMARTS) is 1. The standard InChI is InChI=1S/C15H21ClO2/c1-10(2)8-11(3)9-13(15(17)18)12-6-4-5-7-14(12)16/h4-7,10-11,13H,8-9H2,1-3H3,(H,17,18). The second kappa shape index (κ2) is 6.79. The van der Waals surface area contributed by atoms with Crippen LogP contribution in [0, 0.1) is 11.8 Å². The van der Waals surface area contributed by atoms with Gasteiger partial charge in [0.25, 0.3) is 0 Å². The number of halogens is 1. The first-order chi connectivity index (χ1) is 8.41. The minimum atomic E-state index is -0.793. The minimum Gasteiger partial charge on any atom is -0.481 e. The number of aliphatic carboxylic acids is 1. The van der Waals surface area contributed by atoms with Crippen LogP contribution in [0.15, 0.2) is 24.3 Å². The molecule has 100 valence electrons. The molecule has 0 heterocycles. The maximum absolute atomic E-state index is 11.4. The average Bonchev–Trinajstić information content (AvgIpc) is 2.25. The molecule has 0 saturated carbocycles. The van der Waals surface area contributed by atoms with E-state index in [2.05, 4.69) is 20.8 Å². The monoisotopic (exact) mass is 268 g/mol. The van der Waals surface area contributed by atoms with Crippen LogP contribution in [0.25, 0.3) is 0 Å². The number of hydrogen-bond donors (Lipinski definition) is 1. The van der Waals surface area contributed by atoms with Gasteiger partial charge in [0.2, 0.25) is 0 Å². The number of carboxylic acids is 1. The van der Waals surface area contributed by atoms with E-state index in [0.717, 1.165) is 12.0 Å². The predicted molar refractivity (Wildman–Crippen MR) is 75.1 cm³/mol. The van der Waals surface area contributed by atoms with Crippen LogP contribution in [0.1, 0.15) is 45.1 Å². The van der Waals surface area contributed by atoms with Gasteiger partial charge in [0.1, 0.15) is 0 Å². The lowest BCUT2D eigenvalue weighted by atomic mass is 9.86. The molecule has 0 fully saturated rings. The normalized spacial score (nSPS) is 14.5. The number of hydrogen-bond acceptors (Lipinski definition) is 1. The zero-order valence-electron chi connectivity index (χ0n) is 11.2. The van der Waals surface area contributed by atoms with Crippen LogP contribution in [0.4, 0.5) is 0 Å². The van der Waals surface area contributed by atoms with E-state index in [-0.39, 0.29) is 0 Å². The summed E-state index contributed by atoms with van der Waals surface area (Å²) in [7, 11) is 0. The summed E-state index contributed by atoms with van der Waals surface area (Å²) in [5.41, 5.74) is 0.724. The lowest BCUT2D eigenvalue weighted by Crippen LogP contribution is -2.16. The van der Waals surface area contributed by atoms with Gasteiger partial charge in [-0.05, 0) is 36.3 Å². The van der Waals surface area contributed by atoms with Crippen LogP contribution in [0.2, 0.25) is 5.02 Å². The Morgan fingerprint density at radius 3 is 2.33 bits per heavy atom. The van der Waals surface area contributed by atoms with Gasteiger partial charge in [-0.3, -0.25) is 4.79 Å². The third kappa shape index (κ3) is 4.34. The van der Waals surface area contributed by atoms with Gasteiger partial charge in [-0.2, -0.15) is 0 Å². The Hall–Kier alpha value is -1.02. The Bertz CT molecular complexity index is 401. The Morgan fingerprint density at radius 1 is 1.22 bits per heavy atom. The van der Waals surface area contributed by atoms with Crippen LogP contribution in [0.3, 0.4) is 0 Å². The Kier molecular flexibility index (Phi) is 5.67. The Morgan fingerprint density at radius 2 is 1.83 bits per heavy atom. The Balaban J connectivity index is 2.84. The molecule has 0 bridgehead atoms. The highest BCUT2D eigenvalue weighted by Gasteiger charge is 2.24. The molecular weight excluding hydrogens is 248 g/mol. The molecule has 0 aliphatic rings. The van der Waals surface area contributed by atoms with E-state index >= 15 is 0 Å². The van der Waals surface area contributed by atoms with Gasteiger partial charge in [-0.25, -0.2) is 0 Å². The van der Waals surface area contributed by atoms with Crippen molar-refractivity contribution in [2.45, 2.75) is 39.5 Å². The van der Waals surface area contributed by atoms with Gasteiger partial charge < -0.3 is 5.11 Å². The minimum absolute atomic E-state index is 0.377. The summed E-state index contributed by atoms with van der Waals surface area (Å²) in [6.07, 6.45) is 1.67. The third-order valence-corrected chi connectivity index (χ3v) is 3.43. The van der Waals surface area contributed by atoms with E-state index in [9.17, 15) is 9.90 Å². The second-order valence-electron chi connectivity index (χ2n) is 5.38. The molecule has 0 aliphatic heterocycles. The molecule has 0 saturated heterocycles. The first-order valence-electron chi connectivity index (χ1n) is 6.39. The molecule has 0 radical (unpaired) electrons. The molecule has 1 rings (SSSR count). The Labute approximate surface area is 114 Å². The van der Waals surface area contributed by atoms with Gasteiger partial charge in [-0.1, -0.05) is 50.6 Å². The fraction of sp³-hybridized carbons (Fsp3) is 0.533. The van der Waals surface area contributed by atoms with E-state index in [1.54, 1.807) is 6.07 Å². The molecule has 1 aromatic rings. The molecule has 1 N–H and O–H groups in total. The zero-order chi connectivity index (χ0) is 13.7. The fourth-order valence-electron chi connectivity index (χ4n) is 2.42. The second-order valence-corrected chi connectivity index (χ2v) is 5.79. The molecular formula is C15H21ClO2. The molecule has 0 aliphatic carbocycles. The van der Waals surface area contributed by atoms with Gasteiger partial charge in [0.05, 0.1) is 5.92 Å².